The van der Waals surface area contributed by atoms with Crippen LogP contribution in [-0.2, 0) is 27.2 Å². The summed E-state index contributed by atoms with van der Waals surface area (Å²) in [7, 11) is 0. The summed E-state index contributed by atoms with van der Waals surface area (Å²) < 4.78 is 0. The Morgan fingerprint density at radius 3 is 1.81 bits per heavy atom. The van der Waals surface area contributed by atoms with Crippen molar-refractivity contribution in [2.75, 3.05) is 0 Å². The number of carbonyl (C=O) groups excluding carboxylic acids is 2. The molecule has 9 heteroatoms. The maximum absolute atomic E-state index is 13.4. The Balaban J connectivity index is 1.56. The molecule has 4 aromatic rings. The molecule has 9 nitrogen and oxygen atoms in total. The van der Waals surface area contributed by atoms with Crippen molar-refractivity contribution in [3.05, 3.63) is 72.1 Å². The van der Waals surface area contributed by atoms with Crippen LogP contribution in [0.4, 0.5) is 0 Å². The van der Waals surface area contributed by atoms with Gasteiger partial charge in [0.05, 0.1) is 6.04 Å². The lowest BCUT2D eigenvalue weighted by atomic mass is 10.0. The number of aromatic amines is 2. The van der Waals surface area contributed by atoms with E-state index in [1.165, 1.54) is 0 Å². The van der Waals surface area contributed by atoms with Gasteiger partial charge in [-0.15, -0.1) is 0 Å². The van der Waals surface area contributed by atoms with Crippen LogP contribution in [0.2, 0.25) is 0 Å². The minimum absolute atomic E-state index is 0.0890. The van der Waals surface area contributed by atoms with Crippen LogP contribution < -0.4 is 16.4 Å². The first kappa shape index (κ1) is 26.0. The number of fused-ring (bicyclic) bond motifs is 2. The van der Waals surface area contributed by atoms with E-state index >= 15 is 0 Å². The number of H-pyrrole nitrogens is 2. The number of rotatable bonds is 11. The van der Waals surface area contributed by atoms with Crippen LogP contribution in [0.5, 0.6) is 0 Å². The van der Waals surface area contributed by atoms with Crippen LogP contribution in [0.15, 0.2) is 60.9 Å². The molecule has 4 rings (SSSR count). The van der Waals surface area contributed by atoms with E-state index in [9.17, 15) is 19.5 Å². The Bertz CT molecular complexity index is 1410. The first-order valence-electron chi connectivity index (χ1n) is 12.4. The number of aliphatic carboxylic acids is 1. The first-order valence-corrected chi connectivity index (χ1v) is 12.4. The molecule has 0 spiro atoms. The third kappa shape index (κ3) is 6.18. The molecule has 0 fully saturated rings. The average Bonchev–Trinajstić information content (AvgIpc) is 3.47. The molecule has 0 aliphatic rings. The number of nitrogens with two attached hydrogens (primary N) is 1. The third-order valence-corrected chi connectivity index (χ3v) is 6.51. The predicted molar refractivity (Wildman–Crippen MR) is 143 cm³/mol. The van der Waals surface area contributed by atoms with E-state index in [-0.39, 0.29) is 18.8 Å². The smallest absolute Gasteiger partial charge is 0.326 e. The maximum Gasteiger partial charge on any atom is 0.326 e. The Morgan fingerprint density at radius 1 is 0.811 bits per heavy atom. The highest BCUT2D eigenvalue weighted by atomic mass is 16.4. The van der Waals surface area contributed by atoms with E-state index in [0.29, 0.717) is 6.42 Å². The lowest BCUT2D eigenvalue weighted by Gasteiger charge is -2.23. The number of carboxylic acids is 1. The van der Waals surface area contributed by atoms with E-state index in [0.717, 1.165) is 32.9 Å². The molecular weight excluding hydrogens is 470 g/mol. The van der Waals surface area contributed by atoms with Crippen molar-refractivity contribution < 1.29 is 19.5 Å². The number of nitrogens with one attached hydrogen (secondary N) is 4. The Hall–Kier alpha value is -4.11. The first-order chi connectivity index (χ1) is 17.7. The fourth-order valence-corrected chi connectivity index (χ4v) is 4.62. The lowest BCUT2D eigenvalue weighted by Crippen LogP contribution is -2.55. The van der Waals surface area contributed by atoms with Crippen molar-refractivity contribution in [3.63, 3.8) is 0 Å². The van der Waals surface area contributed by atoms with Gasteiger partial charge < -0.3 is 31.4 Å². The Labute approximate surface area is 214 Å². The monoisotopic (exact) mass is 503 g/mol. The van der Waals surface area contributed by atoms with Crippen molar-refractivity contribution in [2.24, 2.45) is 11.7 Å². The molecule has 0 bridgehead atoms. The topological polar surface area (TPSA) is 153 Å². The summed E-state index contributed by atoms with van der Waals surface area (Å²) in [6, 6.07) is 12.3. The molecule has 0 aliphatic heterocycles. The van der Waals surface area contributed by atoms with Crippen molar-refractivity contribution in [3.8, 4) is 0 Å². The minimum Gasteiger partial charge on any atom is -0.480 e. The molecule has 194 valence electrons. The van der Waals surface area contributed by atoms with Crippen LogP contribution in [0, 0.1) is 5.92 Å². The molecule has 7 N–H and O–H groups in total. The zero-order valence-electron chi connectivity index (χ0n) is 21.0. The third-order valence-electron chi connectivity index (χ3n) is 6.51. The van der Waals surface area contributed by atoms with E-state index in [1.54, 1.807) is 12.4 Å². The number of carboxylic acid groups (broad SMARTS) is 1. The highest BCUT2D eigenvalue weighted by Gasteiger charge is 2.29. The van der Waals surface area contributed by atoms with E-state index in [1.807, 2.05) is 62.4 Å². The number of amides is 2. The number of hydrogen-bond acceptors (Lipinski definition) is 4. The van der Waals surface area contributed by atoms with Crippen LogP contribution in [0.3, 0.4) is 0 Å². The van der Waals surface area contributed by atoms with Gasteiger partial charge in [0.2, 0.25) is 11.8 Å². The second kappa shape index (κ2) is 11.3. The largest absolute Gasteiger partial charge is 0.480 e. The Kier molecular flexibility index (Phi) is 7.93. The zero-order chi connectivity index (χ0) is 26.5. The quantitative estimate of drug-likeness (QED) is 0.186. The summed E-state index contributed by atoms with van der Waals surface area (Å²) in [6.07, 6.45) is 4.28. The molecule has 2 amide bonds. The zero-order valence-corrected chi connectivity index (χ0v) is 21.0. The van der Waals surface area contributed by atoms with Crippen molar-refractivity contribution in [1.82, 2.24) is 20.6 Å². The van der Waals surface area contributed by atoms with Gasteiger partial charge in [-0.1, -0.05) is 50.2 Å². The molecule has 2 aromatic carbocycles. The predicted octanol–water partition coefficient (Wildman–Crippen LogP) is 2.86. The molecule has 0 saturated carbocycles. The van der Waals surface area contributed by atoms with Crippen LogP contribution in [0.1, 0.15) is 31.4 Å². The van der Waals surface area contributed by atoms with Gasteiger partial charge in [0.15, 0.2) is 0 Å². The maximum atomic E-state index is 13.4. The number of carbonyl (C=O) groups is 3. The fourth-order valence-electron chi connectivity index (χ4n) is 4.62. The number of aromatic nitrogens is 2. The lowest BCUT2D eigenvalue weighted by molar-refractivity contribution is -0.142. The number of hydrogen-bond donors (Lipinski definition) is 6. The summed E-state index contributed by atoms with van der Waals surface area (Å²) in [6.45, 7) is 3.93. The van der Waals surface area contributed by atoms with Gasteiger partial charge in [-0.25, -0.2) is 4.79 Å². The van der Waals surface area contributed by atoms with Crippen molar-refractivity contribution >= 4 is 39.6 Å². The summed E-state index contributed by atoms with van der Waals surface area (Å²) in [4.78, 5) is 44.7. The fraction of sp³-hybridized carbons (Fsp3) is 0.321. The van der Waals surface area contributed by atoms with Gasteiger partial charge in [-0.05, 0) is 35.6 Å². The normalized spacial score (nSPS) is 13.9. The molecule has 0 aliphatic carbocycles. The van der Waals surface area contributed by atoms with Crippen LogP contribution >= 0.6 is 0 Å². The second-order valence-corrected chi connectivity index (χ2v) is 9.82. The molecule has 2 aromatic heterocycles. The van der Waals surface area contributed by atoms with Gasteiger partial charge in [0, 0.05) is 47.0 Å². The molecule has 0 saturated heterocycles. The van der Waals surface area contributed by atoms with Crippen molar-refractivity contribution in [2.45, 2.75) is 51.2 Å². The van der Waals surface area contributed by atoms with Gasteiger partial charge in [-0.2, -0.15) is 0 Å². The number of benzene rings is 2. The minimum atomic E-state index is -1.18. The average molecular weight is 504 g/mol. The van der Waals surface area contributed by atoms with Crippen molar-refractivity contribution in [1.29, 1.82) is 0 Å². The summed E-state index contributed by atoms with van der Waals surface area (Å²) in [5.41, 5.74) is 9.47. The molecule has 0 unspecified atom stereocenters. The molecule has 2 heterocycles. The summed E-state index contributed by atoms with van der Waals surface area (Å²) in [5.74, 6) is -1.98. The standard InChI is InChI=1S/C28H33N5O4/c1-16(2)11-21(29)26(34)32-24(12-17-14-30-22-9-5-3-7-19(17)22)27(35)33-25(28(36)37)13-18-15-31-23-10-6-4-8-20(18)23/h3-10,14-16,21,24-25,30-31H,11-13,29H2,1-2H3,(H,32,34)(H,33,35)(H,36,37)/t21-,24-,25-/m0/s1. The number of para-hydroxylation sites is 2. The van der Waals surface area contributed by atoms with E-state index in [4.69, 9.17) is 5.73 Å². The molecular formula is C28H33N5O4. The molecule has 0 radical (unpaired) electrons. The highest BCUT2D eigenvalue weighted by molar-refractivity contribution is 5.93. The summed E-state index contributed by atoms with van der Waals surface area (Å²) in [5, 5.41) is 17.1. The Morgan fingerprint density at radius 2 is 1.30 bits per heavy atom. The van der Waals surface area contributed by atoms with E-state index in [2.05, 4.69) is 20.6 Å². The van der Waals surface area contributed by atoms with Crippen LogP contribution in [-0.4, -0.2) is 51.0 Å². The van der Waals surface area contributed by atoms with Gasteiger partial charge in [0.1, 0.15) is 12.1 Å². The molecule has 37 heavy (non-hydrogen) atoms. The summed E-state index contributed by atoms with van der Waals surface area (Å²) >= 11 is 0. The van der Waals surface area contributed by atoms with E-state index < -0.39 is 35.9 Å². The molecule has 3 atom stereocenters. The van der Waals surface area contributed by atoms with Gasteiger partial charge in [0.25, 0.3) is 0 Å². The SMILES string of the molecule is CC(C)C[C@H](N)C(=O)N[C@@H](Cc1c[nH]c2ccccc12)C(=O)N[C@@H](Cc1c[nH]c2ccccc12)C(=O)O. The highest BCUT2D eigenvalue weighted by Crippen LogP contribution is 2.21. The second-order valence-electron chi connectivity index (χ2n) is 9.82. The van der Waals surface area contributed by atoms with Gasteiger partial charge >= 0.3 is 5.97 Å². The van der Waals surface area contributed by atoms with Crippen LogP contribution in [0.25, 0.3) is 21.8 Å². The van der Waals surface area contributed by atoms with Gasteiger partial charge in [-0.3, -0.25) is 9.59 Å².